The minimum atomic E-state index is -0.342. The van der Waals surface area contributed by atoms with Crippen molar-refractivity contribution in [2.24, 2.45) is 5.92 Å². The van der Waals surface area contributed by atoms with Crippen molar-refractivity contribution < 1.29 is 18.7 Å². The van der Waals surface area contributed by atoms with Crippen molar-refractivity contribution in [3.05, 3.63) is 35.6 Å². The third-order valence-corrected chi connectivity index (χ3v) is 5.96. The van der Waals surface area contributed by atoms with Crippen LogP contribution < -0.4 is 10.9 Å². The predicted molar refractivity (Wildman–Crippen MR) is 101 cm³/mol. The number of halogens is 1. The fraction of sp³-hybridized carbons (Fsp3) is 0.600. The fourth-order valence-electron chi connectivity index (χ4n) is 4.35. The van der Waals surface area contributed by atoms with Gasteiger partial charge in [-0.05, 0) is 49.4 Å². The molecule has 3 aliphatic rings. The van der Waals surface area contributed by atoms with Gasteiger partial charge in [0.1, 0.15) is 11.9 Å². The molecule has 0 radical (unpaired) electrons. The zero-order valence-electron chi connectivity index (χ0n) is 15.9. The molecule has 3 saturated heterocycles. The Balaban J connectivity index is 1.34. The Kier molecular flexibility index (Phi) is 5.89. The molecule has 28 heavy (non-hydrogen) atoms. The summed E-state index contributed by atoms with van der Waals surface area (Å²) in [4.78, 5) is 29.1. The Morgan fingerprint density at radius 2 is 1.79 bits per heavy atom. The summed E-state index contributed by atoms with van der Waals surface area (Å²) in [6, 6.07) is 5.63. The van der Waals surface area contributed by atoms with E-state index in [1.165, 1.54) is 24.3 Å². The molecule has 8 heteroatoms. The summed E-state index contributed by atoms with van der Waals surface area (Å²) < 4.78 is 18.4. The van der Waals surface area contributed by atoms with E-state index in [0.29, 0.717) is 45.0 Å². The predicted octanol–water partition coefficient (Wildman–Crippen LogP) is 0.772. The van der Waals surface area contributed by atoms with E-state index in [2.05, 4.69) is 10.9 Å². The first kappa shape index (κ1) is 19.3. The number of carbonyl (C=O) groups is 2. The molecular formula is C20H27FN4O3. The molecular weight excluding hydrogens is 363 g/mol. The molecule has 0 aliphatic carbocycles. The number of nitrogens with one attached hydrogen (secondary N) is 2. The highest BCUT2D eigenvalue weighted by molar-refractivity contribution is 5.94. The number of hydrogen-bond donors (Lipinski definition) is 2. The van der Waals surface area contributed by atoms with Crippen LogP contribution in [0, 0.1) is 11.7 Å². The first-order valence-corrected chi connectivity index (χ1v) is 10.0. The van der Waals surface area contributed by atoms with E-state index >= 15 is 0 Å². The summed E-state index contributed by atoms with van der Waals surface area (Å²) in [5.74, 6) is 0.00312. The van der Waals surface area contributed by atoms with Gasteiger partial charge in [-0.15, -0.1) is 0 Å². The van der Waals surface area contributed by atoms with Crippen LogP contribution in [0.5, 0.6) is 0 Å². The summed E-state index contributed by atoms with van der Waals surface area (Å²) in [6.07, 6.45) is 2.67. The van der Waals surface area contributed by atoms with Gasteiger partial charge in [-0.3, -0.25) is 15.0 Å². The lowest BCUT2D eigenvalue weighted by Crippen LogP contribution is -2.50. The zero-order valence-corrected chi connectivity index (χ0v) is 15.9. The van der Waals surface area contributed by atoms with Crippen molar-refractivity contribution in [1.29, 1.82) is 0 Å². The second kappa shape index (κ2) is 8.55. The molecule has 152 valence electrons. The lowest BCUT2D eigenvalue weighted by Gasteiger charge is -2.35. The maximum absolute atomic E-state index is 13.1. The second-order valence-electron chi connectivity index (χ2n) is 7.78. The van der Waals surface area contributed by atoms with Gasteiger partial charge in [0.2, 0.25) is 5.91 Å². The Morgan fingerprint density at radius 1 is 1.04 bits per heavy atom. The number of ether oxygens (including phenoxy) is 1. The molecule has 2 N–H and O–H groups in total. The number of amides is 2. The number of morpholine rings is 1. The van der Waals surface area contributed by atoms with Crippen molar-refractivity contribution in [2.75, 3.05) is 39.4 Å². The largest absolute Gasteiger partial charge is 0.378 e. The van der Waals surface area contributed by atoms with Gasteiger partial charge in [0.05, 0.1) is 13.2 Å². The van der Waals surface area contributed by atoms with Gasteiger partial charge in [-0.2, -0.15) is 0 Å². The smallest absolute Gasteiger partial charge is 0.253 e. The number of carbonyl (C=O) groups excluding carboxylic acids is 2. The van der Waals surface area contributed by atoms with E-state index in [1.54, 1.807) is 0 Å². The van der Waals surface area contributed by atoms with E-state index < -0.39 is 0 Å². The van der Waals surface area contributed by atoms with E-state index in [0.717, 1.165) is 19.3 Å². The molecule has 1 aromatic rings. The zero-order chi connectivity index (χ0) is 19.5. The van der Waals surface area contributed by atoms with Gasteiger partial charge in [0.15, 0.2) is 0 Å². The van der Waals surface area contributed by atoms with Gasteiger partial charge < -0.3 is 14.5 Å². The topological polar surface area (TPSA) is 73.9 Å². The highest BCUT2D eigenvalue weighted by atomic mass is 19.1. The minimum absolute atomic E-state index is 0.0587. The molecule has 4 rings (SSSR count). The Labute approximate surface area is 164 Å². The average molecular weight is 390 g/mol. The molecule has 0 aromatic heterocycles. The van der Waals surface area contributed by atoms with E-state index in [9.17, 15) is 14.0 Å². The summed E-state index contributed by atoms with van der Waals surface area (Å²) in [6.45, 7) is 3.84. The molecule has 3 atom stereocenters. The van der Waals surface area contributed by atoms with E-state index in [1.807, 2.05) is 9.80 Å². The van der Waals surface area contributed by atoms with Crippen molar-refractivity contribution in [2.45, 2.75) is 31.3 Å². The lowest BCUT2D eigenvalue weighted by atomic mass is 9.88. The number of hydrazine groups is 1. The van der Waals surface area contributed by atoms with Gasteiger partial charge >= 0.3 is 0 Å². The second-order valence-corrected chi connectivity index (χ2v) is 7.78. The average Bonchev–Trinajstić information content (AvgIpc) is 3.24. The fourth-order valence-corrected chi connectivity index (χ4v) is 4.35. The van der Waals surface area contributed by atoms with Crippen LogP contribution in [0.4, 0.5) is 4.39 Å². The van der Waals surface area contributed by atoms with Crippen LogP contribution in [0.1, 0.15) is 29.6 Å². The van der Waals surface area contributed by atoms with E-state index in [-0.39, 0.29) is 35.6 Å². The van der Waals surface area contributed by atoms with Crippen molar-refractivity contribution in [3.63, 3.8) is 0 Å². The van der Waals surface area contributed by atoms with E-state index in [4.69, 9.17) is 4.74 Å². The summed E-state index contributed by atoms with van der Waals surface area (Å²) in [5.41, 5.74) is 6.96. The number of hydrogen-bond acceptors (Lipinski definition) is 5. The van der Waals surface area contributed by atoms with Gasteiger partial charge in [0, 0.05) is 37.8 Å². The normalized spacial score (nSPS) is 28.4. The number of benzene rings is 1. The SMILES string of the molecule is O=C(c1ccc(F)cc1)N1CCCC(C2CC(C(=O)N3CCOCC3)NN2)C1. The first-order valence-electron chi connectivity index (χ1n) is 10.0. The van der Waals surface area contributed by atoms with Crippen LogP contribution >= 0.6 is 0 Å². The van der Waals surface area contributed by atoms with Crippen LogP contribution in [0.15, 0.2) is 24.3 Å². The molecule has 3 heterocycles. The minimum Gasteiger partial charge on any atom is -0.378 e. The standard InChI is InChI=1S/C20H27FN4O3/c21-16-5-3-14(4-6-16)19(26)25-7-1-2-15(13-25)17-12-18(23-22-17)20(27)24-8-10-28-11-9-24/h3-6,15,17-18,22-23H,1-2,7-13H2. The molecule has 0 bridgehead atoms. The third-order valence-electron chi connectivity index (χ3n) is 5.96. The van der Waals surface area contributed by atoms with Crippen molar-refractivity contribution in [1.82, 2.24) is 20.7 Å². The molecule has 3 aliphatic heterocycles. The summed E-state index contributed by atoms with van der Waals surface area (Å²) in [7, 11) is 0. The monoisotopic (exact) mass is 390 g/mol. The molecule has 0 saturated carbocycles. The van der Waals surface area contributed by atoms with Crippen LogP contribution in [0.3, 0.4) is 0 Å². The molecule has 3 unspecified atom stereocenters. The van der Waals surface area contributed by atoms with Crippen molar-refractivity contribution >= 4 is 11.8 Å². The maximum atomic E-state index is 13.1. The molecule has 7 nitrogen and oxygen atoms in total. The van der Waals surface area contributed by atoms with Crippen LogP contribution in [0.2, 0.25) is 0 Å². The Morgan fingerprint density at radius 3 is 2.54 bits per heavy atom. The first-order chi connectivity index (χ1) is 13.6. The van der Waals surface area contributed by atoms with Crippen molar-refractivity contribution in [3.8, 4) is 0 Å². The molecule has 2 amide bonds. The highest BCUT2D eigenvalue weighted by Gasteiger charge is 2.38. The third kappa shape index (κ3) is 4.19. The quantitative estimate of drug-likeness (QED) is 0.798. The highest BCUT2D eigenvalue weighted by Crippen LogP contribution is 2.26. The summed E-state index contributed by atoms with van der Waals surface area (Å²) >= 11 is 0. The van der Waals surface area contributed by atoms with Crippen LogP contribution in [-0.4, -0.2) is 73.1 Å². The summed E-state index contributed by atoms with van der Waals surface area (Å²) in [5, 5.41) is 0. The number of likely N-dealkylation sites (tertiary alicyclic amines) is 1. The molecule has 0 spiro atoms. The van der Waals surface area contributed by atoms with Crippen LogP contribution in [0.25, 0.3) is 0 Å². The van der Waals surface area contributed by atoms with Gasteiger partial charge in [-0.25, -0.2) is 9.82 Å². The maximum Gasteiger partial charge on any atom is 0.253 e. The van der Waals surface area contributed by atoms with Gasteiger partial charge in [-0.1, -0.05) is 0 Å². The lowest BCUT2D eigenvalue weighted by molar-refractivity contribution is -0.137. The molecule has 3 fully saturated rings. The Bertz CT molecular complexity index is 708. The Hall–Kier alpha value is -2.03. The van der Waals surface area contributed by atoms with Gasteiger partial charge in [0.25, 0.3) is 5.91 Å². The molecule has 1 aromatic carbocycles. The van der Waals surface area contributed by atoms with Crippen LogP contribution in [-0.2, 0) is 9.53 Å². The number of rotatable bonds is 3. The number of piperidine rings is 1. The number of nitrogens with zero attached hydrogens (tertiary/aromatic N) is 2.